The second kappa shape index (κ2) is 6.94. The molecule has 1 aromatic heterocycles. The molecule has 0 fully saturated rings. The van der Waals surface area contributed by atoms with Crippen LogP contribution < -0.4 is 5.73 Å². The molecule has 112 valence electrons. The Morgan fingerprint density at radius 1 is 1.29 bits per heavy atom. The Labute approximate surface area is 145 Å². The quantitative estimate of drug-likeness (QED) is 0.699. The summed E-state index contributed by atoms with van der Waals surface area (Å²) in [6.45, 7) is 4.61. The average Bonchev–Trinajstić information content (AvgIpc) is 2.77. The molecule has 0 saturated heterocycles. The van der Waals surface area contributed by atoms with Crippen molar-refractivity contribution in [2.24, 2.45) is 0 Å². The van der Waals surface area contributed by atoms with Crippen LogP contribution in [-0.4, -0.2) is 16.8 Å². The van der Waals surface area contributed by atoms with Gasteiger partial charge in [0.05, 0.1) is 8.66 Å². The van der Waals surface area contributed by atoms with Gasteiger partial charge in [0.25, 0.3) is 5.91 Å². The second-order valence-corrected chi connectivity index (χ2v) is 8.23. The highest BCUT2D eigenvalue weighted by atomic mass is 79.9. The van der Waals surface area contributed by atoms with Gasteiger partial charge in [-0.2, -0.15) is 0 Å². The fourth-order valence-electron chi connectivity index (χ4n) is 1.90. The molecule has 2 aromatic rings. The van der Waals surface area contributed by atoms with Gasteiger partial charge in [-0.25, -0.2) is 0 Å². The smallest absolute Gasteiger partial charge is 0.264 e. The average molecular weight is 432 g/mol. The minimum atomic E-state index is 0.0400. The molecule has 2 N–H and O–H groups in total. The molecule has 0 radical (unpaired) electrons. The summed E-state index contributed by atoms with van der Waals surface area (Å²) in [7, 11) is 0. The van der Waals surface area contributed by atoms with Crippen molar-refractivity contribution in [2.75, 3.05) is 5.73 Å². The van der Waals surface area contributed by atoms with Crippen LogP contribution in [0.4, 0.5) is 5.69 Å². The third-order valence-electron chi connectivity index (χ3n) is 3.07. The van der Waals surface area contributed by atoms with Gasteiger partial charge in [0, 0.05) is 22.7 Å². The Bertz CT molecular complexity index is 618. The Morgan fingerprint density at radius 3 is 2.38 bits per heavy atom. The molecule has 1 aromatic carbocycles. The Balaban J connectivity index is 2.22. The van der Waals surface area contributed by atoms with E-state index in [4.69, 9.17) is 5.73 Å². The standard InChI is InChI=1S/C15H16Br2N2OS/c1-9(2)19(8-10-3-5-11(18)6-4-10)15(20)13-7-12(16)14(17)21-13/h3-7,9H,8,18H2,1-2H3. The highest BCUT2D eigenvalue weighted by Gasteiger charge is 2.21. The van der Waals surface area contributed by atoms with E-state index < -0.39 is 0 Å². The number of carbonyl (C=O) groups excluding carboxylic acids is 1. The summed E-state index contributed by atoms with van der Waals surface area (Å²) >= 11 is 8.30. The minimum Gasteiger partial charge on any atom is -0.399 e. The lowest BCUT2D eigenvalue weighted by Gasteiger charge is -2.26. The van der Waals surface area contributed by atoms with Crippen LogP contribution in [0.1, 0.15) is 29.1 Å². The number of hydrogen-bond acceptors (Lipinski definition) is 3. The lowest BCUT2D eigenvalue weighted by atomic mass is 10.1. The van der Waals surface area contributed by atoms with E-state index in [0.717, 1.165) is 24.4 Å². The molecular formula is C15H16Br2N2OS. The zero-order chi connectivity index (χ0) is 15.6. The zero-order valence-corrected chi connectivity index (χ0v) is 15.8. The normalized spacial score (nSPS) is 10.9. The molecule has 0 aliphatic carbocycles. The van der Waals surface area contributed by atoms with Crippen molar-refractivity contribution in [1.29, 1.82) is 0 Å². The van der Waals surface area contributed by atoms with E-state index >= 15 is 0 Å². The van der Waals surface area contributed by atoms with Crippen molar-refractivity contribution in [2.45, 2.75) is 26.4 Å². The van der Waals surface area contributed by atoms with Gasteiger partial charge in [0.1, 0.15) is 0 Å². The lowest BCUT2D eigenvalue weighted by molar-refractivity contribution is 0.0695. The van der Waals surface area contributed by atoms with Crippen molar-refractivity contribution in [1.82, 2.24) is 4.90 Å². The molecule has 6 heteroatoms. The molecule has 0 unspecified atom stereocenters. The Morgan fingerprint density at radius 2 is 1.90 bits per heavy atom. The number of amides is 1. The van der Waals surface area contributed by atoms with Gasteiger partial charge >= 0.3 is 0 Å². The fraction of sp³-hybridized carbons (Fsp3) is 0.267. The molecule has 2 rings (SSSR count). The number of rotatable bonds is 4. The van der Waals surface area contributed by atoms with Crippen molar-refractivity contribution < 1.29 is 4.79 Å². The van der Waals surface area contributed by atoms with Crippen molar-refractivity contribution >= 4 is 54.8 Å². The second-order valence-electron chi connectivity index (χ2n) is 5.00. The fourth-order valence-corrected chi connectivity index (χ4v) is 3.89. The third kappa shape index (κ3) is 4.08. The van der Waals surface area contributed by atoms with Gasteiger partial charge in [-0.3, -0.25) is 4.79 Å². The van der Waals surface area contributed by atoms with Crippen molar-refractivity contribution in [3.05, 3.63) is 49.0 Å². The van der Waals surface area contributed by atoms with Gasteiger partial charge in [-0.1, -0.05) is 12.1 Å². The van der Waals surface area contributed by atoms with Gasteiger partial charge in [-0.05, 0) is 69.5 Å². The van der Waals surface area contributed by atoms with E-state index in [9.17, 15) is 4.79 Å². The van der Waals surface area contributed by atoms with E-state index in [1.165, 1.54) is 11.3 Å². The number of hydrogen-bond donors (Lipinski definition) is 1. The first-order chi connectivity index (χ1) is 9.88. The first-order valence-corrected chi connectivity index (χ1v) is 8.89. The SMILES string of the molecule is CC(C)N(Cc1ccc(N)cc1)C(=O)c1cc(Br)c(Br)s1. The summed E-state index contributed by atoms with van der Waals surface area (Å²) in [6.07, 6.45) is 0. The first-order valence-electron chi connectivity index (χ1n) is 6.48. The van der Waals surface area contributed by atoms with Crippen LogP contribution in [0.2, 0.25) is 0 Å². The van der Waals surface area contributed by atoms with E-state index in [-0.39, 0.29) is 11.9 Å². The number of benzene rings is 1. The van der Waals surface area contributed by atoms with Crippen LogP contribution in [0.15, 0.2) is 38.6 Å². The number of nitrogens with zero attached hydrogens (tertiary/aromatic N) is 1. The number of nitrogen functional groups attached to an aromatic ring is 1. The van der Waals surface area contributed by atoms with Gasteiger partial charge in [-0.15, -0.1) is 11.3 Å². The molecule has 21 heavy (non-hydrogen) atoms. The molecular weight excluding hydrogens is 416 g/mol. The molecule has 0 bridgehead atoms. The summed E-state index contributed by atoms with van der Waals surface area (Å²) in [6, 6.07) is 9.61. The monoisotopic (exact) mass is 430 g/mol. The van der Waals surface area contributed by atoms with Crippen molar-refractivity contribution in [3.8, 4) is 0 Å². The molecule has 3 nitrogen and oxygen atoms in total. The summed E-state index contributed by atoms with van der Waals surface area (Å²) in [5.74, 6) is 0.0400. The molecule has 1 amide bonds. The van der Waals surface area contributed by atoms with Crippen LogP contribution in [-0.2, 0) is 6.54 Å². The Hall–Kier alpha value is -0.850. The first kappa shape index (κ1) is 16.5. The highest BCUT2D eigenvalue weighted by molar-refractivity contribution is 9.13. The largest absolute Gasteiger partial charge is 0.399 e. The predicted molar refractivity (Wildman–Crippen MR) is 95.6 cm³/mol. The molecule has 0 aliphatic rings. The predicted octanol–water partition coefficient (Wildman–Crippen LogP) is 4.91. The highest BCUT2D eigenvalue weighted by Crippen LogP contribution is 2.33. The van der Waals surface area contributed by atoms with Crippen LogP contribution in [0, 0.1) is 0 Å². The maximum atomic E-state index is 12.7. The number of halogens is 2. The number of thiophene rings is 1. The van der Waals surface area contributed by atoms with Crippen LogP contribution >= 0.6 is 43.2 Å². The number of carbonyl (C=O) groups is 1. The molecule has 0 spiro atoms. The molecule has 0 saturated carbocycles. The maximum Gasteiger partial charge on any atom is 0.264 e. The molecule has 1 heterocycles. The maximum absolute atomic E-state index is 12.7. The van der Waals surface area contributed by atoms with E-state index in [1.54, 1.807) is 0 Å². The summed E-state index contributed by atoms with van der Waals surface area (Å²) in [5, 5.41) is 0. The number of anilines is 1. The van der Waals surface area contributed by atoms with Gasteiger partial charge in [0.2, 0.25) is 0 Å². The van der Waals surface area contributed by atoms with Crippen LogP contribution in [0.25, 0.3) is 0 Å². The molecule has 0 aliphatic heterocycles. The van der Waals surface area contributed by atoms with E-state index in [0.29, 0.717) is 6.54 Å². The van der Waals surface area contributed by atoms with Gasteiger partial charge in [0.15, 0.2) is 0 Å². The van der Waals surface area contributed by atoms with E-state index in [2.05, 4.69) is 31.9 Å². The Kier molecular flexibility index (Phi) is 5.46. The third-order valence-corrected chi connectivity index (χ3v) is 6.32. The zero-order valence-electron chi connectivity index (χ0n) is 11.8. The summed E-state index contributed by atoms with van der Waals surface area (Å²) in [4.78, 5) is 15.3. The topological polar surface area (TPSA) is 46.3 Å². The summed E-state index contributed by atoms with van der Waals surface area (Å²) in [5.41, 5.74) is 7.50. The number of nitrogens with two attached hydrogens (primary N) is 1. The van der Waals surface area contributed by atoms with Gasteiger partial charge < -0.3 is 10.6 Å². The van der Waals surface area contributed by atoms with Crippen molar-refractivity contribution in [3.63, 3.8) is 0 Å². The van der Waals surface area contributed by atoms with Crippen LogP contribution in [0.3, 0.4) is 0 Å². The minimum absolute atomic E-state index is 0.0400. The van der Waals surface area contributed by atoms with E-state index in [1.807, 2.05) is 49.1 Å². The molecule has 0 atom stereocenters. The lowest BCUT2D eigenvalue weighted by Crippen LogP contribution is -2.35. The summed E-state index contributed by atoms with van der Waals surface area (Å²) < 4.78 is 1.84. The van der Waals surface area contributed by atoms with Crippen LogP contribution in [0.5, 0.6) is 0 Å².